The lowest BCUT2D eigenvalue weighted by atomic mass is 10.2. The summed E-state index contributed by atoms with van der Waals surface area (Å²) in [6.45, 7) is 3.09. The molecule has 2 heterocycles. The van der Waals surface area contributed by atoms with Gasteiger partial charge in [-0.25, -0.2) is 8.42 Å². The number of piperazine rings is 1. The molecule has 5 nitrogen and oxygen atoms in total. The molecule has 1 aromatic rings. The van der Waals surface area contributed by atoms with Gasteiger partial charge in [-0.05, 0) is 24.3 Å². The van der Waals surface area contributed by atoms with Gasteiger partial charge in [0.1, 0.15) is 6.10 Å². The summed E-state index contributed by atoms with van der Waals surface area (Å²) in [7, 11) is -3.04. The molecule has 2 fully saturated rings. The number of thiophene rings is 1. The van der Waals surface area contributed by atoms with E-state index in [0.29, 0.717) is 32.7 Å². The normalized spacial score (nSPS) is 23.9. The molecule has 1 N–H and O–H groups in total. The van der Waals surface area contributed by atoms with Crippen LogP contribution in [0, 0.1) is 0 Å². The molecule has 1 aliphatic heterocycles. The van der Waals surface area contributed by atoms with Gasteiger partial charge in [-0.1, -0.05) is 6.07 Å². The van der Waals surface area contributed by atoms with E-state index in [2.05, 4.69) is 4.90 Å². The molecule has 0 amide bonds. The van der Waals surface area contributed by atoms with E-state index in [9.17, 15) is 13.5 Å². The van der Waals surface area contributed by atoms with Gasteiger partial charge in [0.15, 0.2) is 0 Å². The summed E-state index contributed by atoms with van der Waals surface area (Å²) >= 11 is 1.55. The van der Waals surface area contributed by atoms with Crippen molar-refractivity contribution >= 4 is 21.4 Å². The van der Waals surface area contributed by atoms with E-state index in [0.717, 1.165) is 17.7 Å². The van der Waals surface area contributed by atoms with Crippen molar-refractivity contribution in [3.63, 3.8) is 0 Å². The third kappa shape index (κ3) is 3.07. The van der Waals surface area contributed by atoms with Crippen LogP contribution in [0.1, 0.15) is 23.8 Å². The first kappa shape index (κ1) is 14.5. The molecule has 1 saturated carbocycles. The lowest BCUT2D eigenvalue weighted by Crippen LogP contribution is -2.50. The van der Waals surface area contributed by atoms with Crippen LogP contribution in [-0.2, 0) is 10.0 Å². The lowest BCUT2D eigenvalue weighted by molar-refractivity contribution is 0.0942. The zero-order valence-corrected chi connectivity index (χ0v) is 12.9. The average Bonchev–Trinajstić information content (AvgIpc) is 3.16. The van der Waals surface area contributed by atoms with E-state index in [1.165, 1.54) is 0 Å². The van der Waals surface area contributed by atoms with Gasteiger partial charge in [0.2, 0.25) is 10.0 Å². The summed E-state index contributed by atoms with van der Waals surface area (Å²) in [6, 6.07) is 3.87. The maximum absolute atomic E-state index is 12.1. The molecule has 0 unspecified atom stereocenters. The molecule has 112 valence electrons. The second kappa shape index (κ2) is 5.73. The highest BCUT2D eigenvalue weighted by molar-refractivity contribution is 7.90. The molecule has 0 aromatic carbocycles. The minimum atomic E-state index is -3.04. The molecule has 0 spiro atoms. The number of hydrogen-bond donors (Lipinski definition) is 1. The Kier molecular flexibility index (Phi) is 4.14. The Morgan fingerprint density at radius 2 is 2.00 bits per heavy atom. The second-order valence-electron chi connectivity index (χ2n) is 5.48. The van der Waals surface area contributed by atoms with Crippen molar-refractivity contribution < 1.29 is 13.5 Å². The predicted octanol–water partition coefficient (Wildman–Crippen LogP) is 0.891. The first-order chi connectivity index (χ1) is 9.57. The molecule has 1 saturated heterocycles. The molecule has 7 heteroatoms. The minimum Gasteiger partial charge on any atom is -0.386 e. The molecule has 2 aliphatic rings. The first-order valence-corrected chi connectivity index (χ1v) is 9.38. The number of rotatable bonds is 5. The van der Waals surface area contributed by atoms with E-state index < -0.39 is 16.1 Å². The van der Waals surface area contributed by atoms with E-state index in [1.807, 2.05) is 17.5 Å². The maximum Gasteiger partial charge on any atom is 0.217 e. The predicted molar refractivity (Wildman–Crippen MR) is 79.2 cm³/mol. The van der Waals surface area contributed by atoms with Gasteiger partial charge < -0.3 is 5.11 Å². The summed E-state index contributed by atoms with van der Waals surface area (Å²) in [5.74, 6) is 0. The highest BCUT2D eigenvalue weighted by atomic mass is 32.2. The van der Waals surface area contributed by atoms with Crippen molar-refractivity contribution in [2.24, 2.45) is 0 Å². The molecule has 1 aliphatic carbocycles. The van der Waals surface area contributed by atoms with Crippen molar-refractivity contribution in [2.45, 2.75) is 24.2 Å². The number of nitrogens with zero attached hydrogens (tertiary/aromatic N) is 2. The maximum atomic E-state index is 12.1. The molecule has 0 radical (unpaired) electrons. The number of sulfonamides is 1. The SMILES string of the molecule is O=S(=O)(C1CC1)N1CCN(C[C@H](O)c2cccs2)CC1. The molecule has 20 heavy (non-hydrogen) atoms. The van der Waals surface area contributed by atoms with E-state index in [4.69, 9.17) is 0 Å². The van der Waals surface area contributed by atoms with Gasteiger partial charge in [-0.15, -0.1) is 11.3 Å². The quantitative estimate of drug-likeness (QED) is 0.876. The summed E-state index contributed by atoms with van der Waals surface area (Å²) in [5.41, 5.74) is 0. The van der Waals surface area contributed by atoms with Crippen LogP contribution >= 0.6 is 11.3 Å². The monoisotopic (exact) mass is 316 g/mol. The lowest BCUT2D eigenvalue weighted by Gasteiger charge is -2.34. The number of β-amino-alcohol motifs (C(OH)–C–C–N with tert-alkyl or cyclic N) is 1. The van der Waals surface area contributed by atoms with Crippen molar-refractivity contribution in [2.75, 3.05) is 32.7 Å². The minimum absolute atomic E-state index is 0.120. The van der Waals surface area contributed by atoms with Gasteiger partial charge in [-0.2, -0.15) is 4.31 Å². The Morgan fingerprint density at radius 1 is 1.30 bits per heavy atom. The van der Waals surface area contributed by atoms with Crippen molar-refractivity contribution in [1.29, 1.82) is 0 Å². The third-order valence-corrected chi connectivity index (χ3v) is 7.31. The van der Waals surface area contributed by atoms with Crippen molar-refractivity contribution in [1.82, 2.24) is 9.21 Å². The molecular weight excluding hydrogens is 296 g/mol. The van der Waals surface area contributed by atoms with Crippen LogP contribution in [0.5, 0.6) is 0 Å². The van der Waals surface area contributed by atoms with Crippen molar-refractivity contribution in [3.8, 4) is 0 Å². The summed E-state index contributed by atoms with van der Waals surface area (Å²) in [4.78, 5) is 3.11. The number of aliphatic hydroxyl groups excluding tert-OH is 1. The highest BCUT2D eigenvalue weighted by Crippen LogP contribution is 2.31. The third-order valence-electron chi connectivity index (χ3n) is 3.94. The standard InChI is InChI=1S/C13H20N2O3S2/c16-12(13-2-1-9-19-13)10-14-5-7-15(8-6-14)20(17,18)11-3-4-11/h1-2,9,11-12,16H,3-8,10H2/t12-/m0/s1. The highest BCUT2D eigenvalue weighted by Gasteiger charge is 2.41. The fourth-order valence-corrected chi connectivity index (χ4v) is 5.09. The van der Waals surface area contributed by atoms with Crippen LogP contribution in [0.3, 0.4) is 0 Å². The molecule has 1 atom stereocenters. The largest absolute Gasteiger partial charge is 0.386 e. The zero-order chi connectivity index (χ0) is 14.2. The van der Waals surface area contributed by atoms with E-state index >= 15 is 0 Å². The smallest absolute Gasteiger partial charge is 0.217 e. The summed E-state index contributed by atoms with van der Waals surface area (Å²) < 4.78 is 25.9. The Bertz CT molecular complexity index is 532. The van der Waals surface area contributed by atoms with Crippen LogP contribution in [-0.4, -0.2) is 60.7 Å². The van der Waals surface area contributed by atoms with Gasteiger partial charge in [-0.3, -0.25) is 4.90 Å². The number of hydrogen-bond acceptors (Lipinski definition) is 5. The van der Waals surface area contributed by atoms with Crippen LogP contribution < -0.4 is 0 Å². The topological polar surface area (TPSA) is 60.9 Å². The zero-order valence-electron chi connectivity index (χ0n) is 11.3. The Balaban J connectivity index is 1.51. The first-order valence-electron chi connectivity index (χ1n) is 7.00. The fourth-order valence-electron chi connectivity index (χ4n) is 2.56. The van der Waals surface area contributed by atoms with Crippen molar-refractivity contribution in [3.05, 3.63) is 22.4 Å². The van der Waals surface area contributed by atoms with Crippen LogP contribution in [0.25, 0.3) is 0 Å². The van der Waals surface area contributed by atoms with E-state index in [1.54, 1.807) is 15.6 Å². The van der Waals surface area contributed by atoms with Crippen LogP contribution in [0.4, 0.5) is 0 Å². The second-order valence-corrected chi connectivity index (χ2v) is 8.67. The summed E-state index contributed by atoms with van der Waals surface area (Å²) in [5, 5.41) is 12.0. The van der Waals surface area contributed by atoms with Crippen LogP contribution in [0.15, 0.2) is 17.5 Å². The van der Waals surface area contributed by atoms with Gasteiger partial charge in [0, 0.05) is 37.6 Å². The van der Waals surface area contributed by atoms with Crippen LogP contribution in [0.2, 0.25) is 0 Å². The van der Waals surface area contributed by atoms with Gasteiger partial charge in [0.05, 0.1) is 5.25 Å². The molecular formula is C13H20N2O3S2. The fraction of sp³-hybridized carbons (Fsp3) is 0.692. The summed E-state index contributed by atoms with van der Waals surface area (Å²) in [6.07, 6.45) is 1.17. The number of aliphatic hydroxyl groups is 1. The molecule has 1 aromatic heterocycles. The van der Waals surface area contributed by atoms with E-state index in [-0.39, 0.29) is 5.25 Å². The van der Waals surface area contributed by atoms with Gasteiger partial charge >= 0.3 is 0 Å². The Labute approximate surface area is 123 Å². The Morgan fingerprint density at radius 3 is 2.55 bits per heavy atom. The molecule has 0 bridgehead atoms. The average molecular weight is 316 g/mol. The Hall–Kier alpha value is -0.470. The molecule has 3 rings (SSSR count). The van der Waals surface area contributed by atoms with Gasteiger partial charge in [0.25, 0.3) is 0 Å².